The Labute approximate surface area is 166 Å². The van der Waals surface area contributed by atoms with Crippen LogP contribution in [0.3, 0.4) is 0 Å². The van der Waals surface area contributed by atoms with Crippen LogP contribution >= 0.6 is 11.6 Å². The molecule has 0 amide bonds. The Bertz CT molecular complexity index is 774. The van der Waals surface area contributed by atoms with Crippen LogP contribution in [-0.4, -0.2) is 43.7 Å². The Balaban J connectivity index is 1.74. The zero-order chi connectivity index (χ0) is 19.1. The molecule has 1 saturated heterocycles. The lowest BCUT2D eigenvalue weighted by Crippen LogP contribution is -2.40. The normalized spacial score (nSPS) is 16.9. The van der Waals surface area contributed by atoms with Crippen LogP contribution in [0.2, 0.25) is 5.02 Å². The Hall–Kier alpha value is -2.08. The van der Waals surface area contributed by atoms with Gasteiger partial charge in [0, 0.05) is 23.8 Å². The number of ether oxygens (including phenoxy) is 1. The zero-order valence-corrected chi connectivity index (χ0v) is 16.5. The molecular formula is C21H27ClN4O. The van der Waals surface area contributed by atoms with Gasteiger partial charge in [0.25, 0.3) is 0 Å². The first-order valence-corrected chi connectivity index (χ1v) is 9.77. The Morgan fingerprint density at radius 3 is 2.74 bits per heavy atom. The number of benzene rings is 2. The van der Waals surface area contributed by atoms with Gasteiger partial charge in [-0.05, 0) is 35.7 Å². The monoisotopic (exact) mass is 386 g/mol. The van der Waals surface area contributed by atoms with Gasteiger partial charge in [-0.15, -0.1) is 0 Å². The molecule has 1 unspecified atom stereocenters. The van der Waals surface area contributed by atoms with Gasteiger partial charge < -0.3 is 15.8 Å². The lowest BCUT2D eigenvalue weighted by Gasteiger charge is -2.34. The molecule has 0 saturated carbocycles. The van der Waals surface area contributed by atoms with Crippen molar-refractivity contribution in [3.63, 3.8) is 0 Å². The summed E-state index contributed by atoms with van der Waals surface area (Å²) in [6, 6.07) is 16.2. The third kappa shape index (κ3) is 5.45. The van der Waals surface area contributed by atoms with E-state index >= 15 is 0 Å². The van der Waals surface area contributed by atoms with Gasteiger partial charge in [0.05, 0.1) is 25.8 Å². The van der Waals surface area contributed by atoms with Gasteiger partial charge in [-0.25, -0.2) is 0 Å². The van der Waals surface area contributed by atoms with Crippen molar-refractivity contribution >= 4 is 23.2 Å². The third-order valence-electron chi connectivity index (χ3n) is 4.79. The van der Waals surface area contributed by atoms with E-state index in [9.17, 15) is 0 Å². The van der Waals surface area contributed by atoms with Gasteiger partial charge in [-0.1, -0.05) is 48.9 Å². The predicted molar refractivity (Wildman–Crippen MR) is 113 cm³/mol. The molecule has 27 heavy (non-hydrogen) atoms. The highest BCUT2D eigenvalue weighted by Crippen LogP contribution is 2.28. The average molecular weight is 387 g/mol. The van der Waals surface area contributed by atoms with Crippen LogP contribution in [0, 0.1) is 0 Å². The second kappa shape index (κ2) is 9.74. The Morgan fingerprint density at radius 2 is 2.00 bits per heavy atom. The number of guanidine groups is 1. The maximum absolute atomic E-state index is 6.46. The number of aryl methyl sites for hydroxylation is 1. The molecule has 5 nitrogen and oxygen atoms in total. The number of aliphatic imine (C=N–C) groups is 1. The van der Waals surface area contributed by atoms with Crippen LogP contribution in [-0.2, 0) is 11.2 Å². The molecule has 3 N–H and O–H groups in total. The summed E-state index contributed by atoms with van der Waals surface area (Å²) in [5.74, 6) is 0.411. The minimum absolute atomic E-state index is 0.0740. The van der Waals surface area contributed by atoms with Gasteiger partial charge in [0.15, 0.2) is 5.96 Å². The quantitative estimate of drug-likeness (QED) is 0.587. The number of rotatable bonds is 6. The number of nitrogens with two attached hydrogens (primary N) is 1. The molecule has 0 aromatic heterocycles. The molecule has 0 radical (unpaired) electrons. The van der Waals surface area contributed by atoms with Crippen LogP contribution < -0.4 is 11.1 Å². The van der Waals surface area contributed by atoms with Crippen molar-refractivity contribution in [1.29, 1.82) is 0 Å². The van der Waals surface area contributed by atoms with Crippen molar-refractivity contribution in [2.24, 2.45) is 10.7 Å². The lowest BCUT2D eigenvalue weighted by atomic mass is 10.0. The van der Waals surface area contributed by atoms with Crippen molar-refractivity contribution in [3.8, 4) is 0 Å². The van der Waals surface area contributed by atoms with Crippen LogP contribution in [0.4, 0.5) is 5.69 Å². The van der Waals surface area contributed by atoms with Gasteiger partial charge in [0.1, 0.15) is 0 Å². The van der Waals surface area contributed by atoms with Gasteiger partial charge in [0.2, 0.25) is 0 Å². The molecule has 0 spiro atoms. The first-order valence-electron chi connectivity index (χ1n) is 9.39. The number of nitrogens with one attached hydrogen (secondary N) is 1. The maximum Gasteiger partial charge on any atom is 0.193 e. The number of morpholine rings is 1. The summed E-state index contributed by atoms with van der Waals surface area (Å²) in [7, 11) is 0. The summed E-state index contributed by atoms with van der Waals surface area (Å²) >= 11 is 6.46. The lowest BCUT2D eigenvalue weighted by molar-refractivity contribution is 0.0180. The predicted octanol–water partition coefficient (Wildman–Crippen LogP) is 3.70. The molecule has 144 valence electrons. The number of halogens is 1. The molecule has 2 aromatic rings. The van der Waals surface area contributed by atoms with Crippen molar-refractivity contribution in [2.75, 3.05) is 38.2 Å². The standard InChI is InChI=1S/C21H27ClN4O/c1-2-16-6-5-7-17(14-16)25-21(23)24-15-20(26-10-12-27-13-11-26)18-8-3-4-9-19(18)22/h3-9,14,20H,2,10-13,15H2,1H3,(H3,23,24,25). The summed E-state index contributed by atoms with van der Waals surface area (Å²) in [6.45, 7) is 5.84. The highest BCUT2D eigenvalue weighted by atomic mass is 35.5. The van der Waals surface area contributed by atoms with E-state index in [1.807, 2.05) is 30.3 Å². The smallest absolute Gasteiger partial charge is 0.193 e. The van der Waals surface area contributed by atoms with Crippen LogP contribution in [0.15, 0.2) is 53.5 Å². The minimum Gasteiger partial charge on any atom is -0.379 e. The maximum atomic E-state index is 6.46. The van der Waals surface area contributed by atoms with Crippen LogP contribution in [0.25, 0.3) is 0 Å². The molecule has 1 atom stereocenters. The fourth-order valence-corrected chi connectivity index (χ4v) is 3.55. The highest BCUT2D eigenvalue weighted by molar-refractivity contribution is 6.31. The van der Waals surface area contributed by atoms with Gasteiger partial charge in [-0.3, -0.25) is 9.89 Å². The summed E-state index contributed by atoms with van der Waals surface area (Å²) < 4.78 is 5.49. The summed E-state index contributed by atoms with van der Waals surface area (Å²) in [4.78, 5) is 6.97. The van der Waals surface area contributed by atoms with E-state index in [4.69, 9.17) is 22.1 Å². The average Bonchev–Trinajstić information content (AvgIpc) is 2.70. The minimum atomic E-state index is 0.0740. The largest absolute Gasteiger partial charge is 0.379 e. The second-order valence-electron chi connectivity index (χ2n) is 6.59. The van der Waals surface area contributed by atoms with Crippen LogP contribution in [0.1, 0.15) is 24.1 Å². The fraction of sp³-hybridized carbons (Fsp3) is 0.381. The zero-order valence-electron chi connectivity index (χ0n) is 15.7. The van der Waals surface area contributed by atoms with E-state index in [-0.39, 0.29) is 6.04 Å². The SMILES string of the molecule is CCc1cccc(NC(N)=NCC(c2ccccc2Cl)N2CCOCC2)c1. The molecule has 1 heterocycles. The first kappa shape index (κ1) is 19.7. The topological polar surface area (TPSA) is 62.9 Å². The molecule has 6 heteroatoms. The first-order chi connectivity index (χ1) is 13.2. The Kier molecular flexibility index (Phi) is 7.10. The molecular weight excluding hydrogens is 360 g/mol. The molecule has 1 fully saturated rings. The summed E-state index contributed by atoms with van der Waals surface area (Å²) in [5, 5.41) is 3.95. The second-order valence-corrected chi connectivity index (χ2v) is 7.00. The molecule has 0 aliphatic carbocycles. The van der Waals surface area contributed by atoms with E-state index in [2.05, 4.69) is 40.3 Å². The van der Waals surface area contributed by atoms with Gasteiger partial charge in [-0.2, -0.15) is 0 Å². The summed E-state index contributed by atoms with van der Waals surface area (Å²) in [5.41, 5.74) is 9.44. The van der Waals surface area contributed by atoms with Gasteiger partial charge >= 0.3 is 0 Å². The third-order valence-corrected chi connectivity index (χ3v) is 5.14. The number of nitrogens with zero attached hydrogens (tertiary/aromatic N) is 2. The van der Waals surface area contributed by atoms with Crippen molar-refractivity contribution in [2.45, 2.75) is 19.4 Å². The van der Waals surface area contributed by atoms with E-state index < -0.39 is 0 Å². The van der Waals surface area contributed by atoms with Crippen molar-refractivity contribution in [3.05, 3.63) is 64.7 Å². The fourth-order valence-electron chi connectivity index (χ4n) is 3.29. The number of hydrogen-bond acceptors (Lipinski definition) is 3. The molecule has 2 aromatic carbocycles. The number of hydrogen-bond donors (Lipinski definition) is 2. The van der Waals surface area contributed by atoms with Crippen molar-refractivity contribution < 1.29 is 4.74 Å². The molecule has 0 bridgehead atoms. The van der Waals surface area contributed by atoms with E-state index in [1.165, 1.54) is 5.56 Å². The molecule has 1 aliphatic heterocycles. The number of anilines is 1. The van der Waals surface area contributed by atoms with E-state index in [0.29, 0.717) is 12.5 Å². The van der Waals surface area contributed by atoms with Crippen LogP contribution in [0.5, 0.6) is 0 Å². The summed E-state index contributed by atoms with van der Waals surface area (Å²) in [6.07, 6.45) is 0.984. The Morgan fingerprint density at radius 1 is 1.22 bits per heavy atom. The van der Waals surface area contributed by atoms with Crippen molar-refractivity contribution in [1.82, 2.24) is 4.90 Å². The molecule has 3 rings (SSSR count). The van der Waals surface area contributed by atoms with E-state index in [1.54, 1.807) is 0 Å². The highest BCUT2D eigenvalue weighted by Gasteiger charge is 2.24. The molecule has 1 aliphatic rings. The van der Waals surface area contributed by atoms with E-state index in [0.717, 1.165) is 49.0 Å².